The Balaban J connectivity index is 1.67. The number of aromatic hydroxyl groups is 1. The van der Waals surface area contributed by atoms with E-state index in [2.05, 4.69) is 29.6 Å². The van der Waals surface area contributed by atoms with E-state index in [0.717, 1.165) is 23.4 Å². The Morgan fingerprint density at radius 3 is 2.77 bits per heavy atom. The van der Waals surface area contributed by atoms with Gasteiger partial charge in [0.05, 0.1) is 18.3 Å². The molecule has 0 spiro atoms. The van der Waals surface area contributed by atoms with E-state index in [1.807, 2.05) is 31.2 Å². The molecule has 0 radical (unpaired) electrons. The van der Waals surface area contributed by atoms with E-state index in [-0.39, 0.29) is 6.04 Å². The third kappa shape index (κ3) is 3.06. The summed E-state index contributed by atoms with van der Waals surface area (Å²) in [5, 5.41) is 14.1. The van der Waals surface area contributed by atoms with Crippen LogP contribution in [-0.2, 0) is 4.74 Å². The number of allylic oxidation sites excluding steroid dienone is 2. The number of hydrogen-bond donors (Lipinski definition) is 2. The Labute approximate surface area is 154 Å². The van der Waals surface area contributed by atoms with E-state index in [0.29, 0.717) is 37.4 Å². The van der Waals surface area contributed by atoms with Crippen molar-refractivity contribution in [2.75, 3.05) is 25.1 Å². The first-order valence-electron chi connectivity index (χ1n) is 9.34. The highest BCUT2D eigenvalue weighted by Crippen LogP contribution is 2.53. The summed E-state index contributed by atoms with van der Waals surface area (Å²) in [7, 11) is 0. The smallest absolute Gasteiger partial charge is 0.142 e. The molecule has 0 fully saturated rings. The molecule has 0 bridgehead atoms. The molecule has 0 saturated carbocycles. The minimum Gasteiger partial charge on any atom is -0.508 e. The fraction of sp³-hybridized carbons (Fsp3) is 0.364. The molecule has 4 heteroatoms. The second-order valence-corrected chi connectivity index (χ2v) is 6.80. The second kappa shape index (κ2) is 7.42. The van der Waals surface area contributed by atoms with Crippen LogP contribution in [0.4, 0.5) is 5.69 Å². The number of anilines is 1. The predicted octanol–water partition coefficient (Wildman–Crippen LogP) is 4.63. The lowest BCUT2D eigenvalue weighted by Crippen LogP contribution is -2.29. The summed E-state index contributed by atoms with van der Waals surface area (Å²) in [5.74, 6) is 1.93. The molecule has 1 aliphatic heterocycles. The summed E-state index contributed by atoms with van der Waals surface area (Å²) in [4.78, 5) is 0. The highest BCUT2D eigenvalue weighted by atomic mass is 16.5. The van der Waals surface area contributed by atoms with E-state index in [9.17, 15) is 5.11 Å². The van der Waals surface area contributed by atoms with Gasteiger partial charge >= 0.3 is 0 Å². The standard InChI is InChI=1S/C22H25NO3/c1-2-25-13-14-26-20-12-6-10-17-15-8-5-9-16(15)21(23-22(17)20)18-7-3-4-11-19(18)24/h3-8,10-12,15-16,21,23-24H,2,9,13-14H2,1H3. The van der Waals surface area contributed by atoms with Gasteiger partial charge in [-0.2, -0.15) is 0 Å². The maximum Gasteiger partial charge on any atom is 0.142 e. The van der Waals surface area contributed by atoms with Crippen LogP contribution < -0.4 is 10.1 Å². The van der Waals surface area contributed by atoms with Crippen LogP contribution in [0.15, 0.2) is 54.6 Å². The molecule has 3 unspecified atom stereocenters. The maximum atomic E-state index is 10.4. The fourth-order valence-electron chi connectivity index (χ4n) is 4.13. The third-order valence-corrected chi connectivity index (χ3v) is 5.32. The van der Waals surface area contributed by atoms with E-state index in [1.165, 1.54) is 5.56 Å². The van der Waals surface area contributed by atoms with Gasteiger partial charge in [0.15, 0.2) is 0 Å². The van der Waals surface area contributed by atoms with Crippen molar-refractivity contribution in [3.63, 3.8) is 0 Å². The zero-order chi connectivity index (χ0) is 17.9. The molecule has 0 saturated heterocycles. The topological polar surface area (TPSA) is 50.7 Å². The molecule has 0 aromatic heterocycles. The summed E-state index contributed by atoms with van der Waals surface area (Å²) >= 11 is 0. The molecule has 2 aromatic rings. The van der Waals surface area contributed by atoms with Crippen molar-refractivity contribution < 1.29 is 14.6 Å². The van der Waals surface area contributed by atoms with Gasteiger partial charge in [0.1, 0.15) is 18.1 Å². The van der Waals surface area contributed by atoms with Crippen LogP contribution >= 0.6 is 0 Å². The predicted molar refractivity (Wildman–Crippen MR) is 103 cm³/mol. The first-order valence-corrected chi connectivity index (χ1v) is 9.34. The second-order valence-electron chi connectivity index (χ2n) is 6.80. The third-order valence-electron chi connectivity index (χ3n) is 5.32. The van der Waals surface area contributed by atoms with Crippen molar-refractivity contribution in [2.24, 2.45) is 5.92 Å². The Morgan fingerprint density at radius 2 is 1.92 bits per heavy atom. The first-order chi connectivity index (χ1) is 12.8. The lowest BCUT2D eigenvalue weighted by Gasteiger charge is -2.38. The lowest BCUT2D eigenvalue weighted by atomic mass is 9.76. The van der Waals surface area contributed by atoms with Gasteiger partial charge in [-0.3, -0.25) is 0 Å². The van der Waals surface area contributed by atoms with Gasteiger partial charge in [-0.25, -0.2) is 0 Å². The summed E-state index contributed by atoms with van der Waals surface area (Å²) in [6, 6.07) is 13.9. The lowest BCUT2D eigenvalue weighted by molar-refractivity contribution is 0.110. The normalized spacial score (nSPS) is 23.2. The summed E-state index contributed by atoms with van der Waals surface area (Å²) < 4.78 is 11.4. The van der Waals surface area contributed by atoms with Crippen LogP contribution in [-0.4, -0.2) is 24.9 Å². The van der Waals surface area contributed by atoms with Gasteiger partial charge in [-0.1, -0.05) is 42.5 Å². The fourth-order valence-corrected chi connectivity index (χ4v) is 4.13. The molecule has 4 rings (SSSR count). The number of phenolic OH excluding ortho intramolecular Hbond substituents is 1. The SMILES string of the molecule is CCOCCOc1cccc2c1NC(c1ccccc1O)C1CC=CC21. The van der Waals surface area contributed by atoms with Crippen molar-refractivity contribution in [3.8, 4) is 11.5 Å². The van der Waals surface area contributed by atoms with Gasteiger partial charge in [-0.05, 0) is 37.0 Å². The minimum absolute atomic E-state index is 0.0559. The Bertz CT molecular complexity index is 802. The number of rotatable bonds is 6. The van der Waals surface area contributed by atoms with Crippen LogP contribution in [0.3, 0.4) is 0 Å². The van der Waals surface area contributed by atoms with Crippen LogP contribution in [0.2, 0.25) is 0 Å². The number of nitrogens with one attached hydrogen (secondary N) is 1. The molecule has 2 aromatic carbocycles. The average Bonchev–Trinajstić information content (AvgIpc) is 3.15. The molecule has 1 aliphatic carbocycles. The number of fused-ring (bicyclic) bond motifs is 3. The Morgan fingerprint density at radius 1 is 1.08 bits per heavy atom. The van der Waals surface area contributed by atoms with Crippen molar-refractivity contribution in [1.82, 2.24) is 0 Å². The average molecular weight is 351 g/mol. The number of para-hydroxylation sites is 2. The van der Waals surface area contributed by atoms with Crippen LogP contribution in [0.5, 0.6) is 11.5 Å². The highest BCUT2D eigenvalue weighted by molar-refractivity contribution is 5.68. The highest BCUT2D eigenvalue weighted by Gasteiger charge is 2.39. The van der Waals surface area contributed by atoms with Crippen LogP contribution in [0, 0.1) is 5.92 Å². The maximum absolute atomic E-state index is 10.4. The number of benzene rings is 2. The Kier molecular flexibility index (Phi) is 4.85. The van der Waals surface area contributed by atoms with Crippen molar-refractivity contribution >= 4 is 5.69 Å². The molecule has 0 amide bonds. The largest absolute Gasteiger partial charge is 0.508 e. The Hall–Kier alpha value is -2.46. The summed E-state index contributed by atoms with van der Waals surface area (Å²) in [6.45, 7) is 3.78. The zero-order valence-electron chi connectivity index (χ0n) is 15.0. The van der Waals surface area contributed by atoms with E-state index in [1.54, 1.807) is 6.07 Å². The van der Waals surface area contributed by atoms with Crippen LogP contribution in [0.1, 0.15) is 36.4 Å². The quantitative estimate of drug-likeness (QED) is 0.588. The van der Waals surface area contributed by atoms with Crippen molar-refractivity contribution in [3.05, 3.63) is 65.7 Å². The van der Waals surface area contributed by atoms with Gasteiger partial charge in [0, 0.05) is 18.1 Å². The molecular weight excluding hydrogens is 326 g/mol. The zero-order valence-corrected chi connectivity index (χ0v) is 15.0. The molecule has 26 heavy (non-hydrogen) atoms. The van der Waals surface area contributed by atoms with Gasteiger partial charge in [-0.15, -0.1) is 0 Å². The minimum atomic E-state index is 0.0559. The number of ether oxygens (including phenoxy) is 2. The number of phenols is 1. The van der Waals surface area contributed by atoms with E-state index >= 15 is 0 Å². The van der Waals surface area contributed by atoms with E-state index < -0.39 is 0 Å². The summed E-state index contributed by atoms with van der Waals surface area (Å²) in [5.41, 5.74) is 3.25. The first kappa shape index (κ1) is 17.0. The summed E-state index contributed by atoms with van der Waals surface area (Å²) in [6.07, 6.45) is 5.55. The molecule has 136 valence electrons. The molecule has 2 N–H and O–H groups in total. The van der Waals surface area contributed by atoms with Gasteiger partial charge < -0.3 is 19.9 Å². The van der Waals surface area contributed by atoms with Gasteiger partial charge in [0.25, 0.3) is 0 Å². The van der Waals surface area contributed by atoms with Gasteiger partial charge in [0.2, 0.25) is 0 Å². The van der Waals surface area contributed by atoms with Crippen molar-refractivity contribution in [1.29, 1.82) is 0 Å². The van der Waals surface area contributed by atoms with E-state index in [4.69, 9.17) is 9.47 Å². The van der Waals surface area contributed by atoms with Crippen LogP contribution in [0.25, 0.3) is 0 Å². The molecule has 3 atom stereocenters. The number of hydrogen-bond acceptors (Lipinski definition) is 4. The monoisotopic (exact) mass is 351 g/mol. The molecule has 1 heterocycles. The molecular formula is C22H25NO3. The van der Waals surface area contributed by atoms with Crippen molar-refractivity contribution in [2.45, 2.75) is 25.3 Å². The molecule has 2 aliphatic rings. The molecule has 4 nitrogen and oxygen atoms in total.